The highest BCUT2D eigenvalue weighted by Crippen LogP contribution is 2.31. The number of carbonyl (C=O) groups is 1. The second-order valence-electron chi connectivity index (χ2n) is 6.50. The van der Waals surface area contributed by atoms with Crippen LogP contribution in [0.4, 0.5) is 5.13 Å². The largest absolute Gasteiger partial charge is 0.309 e. The summed E-state index contributed by atoms with van der Waals surface area (Å²) in [5.74, 6) is -0.0669. The first-order chi connectivity index (χ1) is 13.0. The predicted octanol–water partition coefficient (Wildman–Crippen LogP) is 4.95. The highest BCUT2D eigenvalue weighted by molar-refractivity contribution is 7.22. The molecule has 0 fully saturated rings. The number of halogens is 1. The molecular formula is C21H22ClN3OS. The van der Waals surface area contributed by atoms with Crippen molar-refractivity contribution < 1.29 is 4.79 Å². The topological polar surface area (TPSA) is 36.4 Å². The SMILES string of the molecule is CN(C)CCCN(C(=O)C=Cc1ccccc1)c1nc2ccc(Cl)cc2s1. The lowest BCUT2D eigenvalue weighted by Gasteiger charge is -2.19. The minimum atomic E-state index is -0.0669. The van der Waals surface area contributed by atoms with Gasteiger partial charge in [0.25, 0.3) is 5.91 Å². The Labute approximate surface area is 168 Å². The van der Waals surface area contributed by atoms with Crippen molar-refractivity contribution >= 4 is 50.3 Å². The molecule has 0 atom stereocenters. The zero-order chi connectivity index (χ0) is 19.2. The number of aromatic nitrogens is 1. The molecule has 3 aromatic rings. The lowest BCUT2D eigenvalue weighted by molar-refractivity contribution is -0.114. The first kappa shape index (κ1) is 19.5. The van der Waals surface area contributed by atoms with E-state index >= 15 is 0 Å². The molecule has 1 amide bonds. The summed E-state index contributed by atoms with van der Waals surface area (Å²) < 4.78 is 0.981. The van der Waals surface area contributed by atoms with E-state index in [1.54, 1.807) is 11.0 Å². The molecule has 0 saturated heterocycles. The summed E-state index contributed by atoms with van der Waals surface area (Å²) in [6.45, 7) is 1.52. The van der Waals surface area contributed by atoms with Crippen LogP contribution in [-0.2, 0) is 4.79 Å². The molecule has 0 N–H and O–H groups in total. The zero-order valence-corrected chi connectivity index (χ0v) is 17.0. The third-order valence-corrected chi connectivity index (χ3v) is 5.32. The van der Waals surface area contributed by atoms with Crippen LogP contribution in [0, 0.1) is 0 Å². The number of benzene rings is 2. The van der Waals surface area contributed by atoms with Gasteiger partial charge in [0.1, 0.15) is 0 Å². The molecule has 0 unspecified atom stereocenters. The van der Waals surface area contributed by atoms with Gasteiger partial charge in [0.05, 0.1) is 10.2 Å². The van der Waals surface area contributed by atoms with Crippen molar-refractivity contribution in [3.63, 3.8) is 0 Å². The van der Waals surface area contributed by atoms with Gasteiger partial charge in [-0.05, 0) is 56.9 Å². The van der Waals surface area contributed by atoms with E-state index in [9.17, 15) is 4.79 Å². The van der Waals surface area contributed by atoms with Gasteiger partial charge in [0.2, 0.25) is 0 Å². The van der Waals surface area contributed by atoms with Crippen LogP contribution < -0.4 is 4.90 Å². The number of thiazole rings is 1. The third-order valence-electron chi connectivity index (χ3n) is 4.04. The van der Waals surface area contributed by atoms with Crippen LogP contribution in [0.5, 0.6) is 0 Å². The monoisotopic (exact) mass is 399 g/mol. The third kappa shape index (κ3) is 5.39. The first-order valence-electron chi connectivity index (χ1n) is 8.78. The van der Waals surface area contributed by atoms with E-state index in [2.05, 4.69) is 9.88 Å². The molecule has 1 heterocycles. The van der Waals surface area contributed by atoms with Gasteiger partial charge < -0.3 is 4.90 Å². The summed E-state index contributed by atoms with van der Waals surface area (Å²) in [5.41, 5.74) is 1.85. The molecule has 0 saturated carbocycles. The van der Waals surface area contributed by atoms with Gasteiger partial charge >= 0.3 is 0 Å². The molecule has 2 aromatic carbocycles. The lowest BCUT2D eigenvalue weighted by Crippen LogP contribution is -2.32. The van der Waals surface area contributed by atoms with Crippen LogP contribution >= 0.6 is 22.9 Å². The fourth-order valence-corrected chi connectivity index (χ4v) is 3.94. The highest BCUT2D eigenvalue weighted by atomic mass is 35.5. The van der Waals surface area contributed by atoms with Crippen LogP contribution in [0.25, 0.3) is 16.3 Å². The molecule has 0 radical (unpaired) electrons. The van der Waals surface area contributed by atoms with Gasteiger partial charge in [-0.1, -0.05) is 53.3 Å². The van der Waals surface area contributed by atoms with E-state index in [1.165, 1.54) is 11.3 Å². The molecule has 0 aliphatic carbocycles. The van der Waals surface area contributed by atoms with Crippen molar-refractivity contribution in [3.05, 3.63) is 65.2 Å². The second-order valence-corrected chi connectivity index (χ2v) is 7.94. The number of amides is 1. The fraction of sp³-hybridized carbons (Fsp3) is 0.238. The van der Waals surface area contributed by atoms with E-state index in [1.807, 2.05) is 68.7 Å². The fourth-order valence-electron chi connectivity index (χ4n) is 2.67. The molecule has 0 bridgehead atoms. The molecule has 3 rings (SSSR count). The van der Waals surface area contributed by atoms with Crippen molar-refractivity contribution in [2.45, 2.75) is 6.42 Å². The summed E-state index contributed by atoms with van der Waals surface area (Å²) in [6.07, 6.45) is 4.32. The lowest BCUT2D eigenvalue weighted by atomic mass is 10.2. The smallest absolute Gasteiger partial charge is 0.252 e. The van der Waals surface area contributed by atoms with E-state index in [0.717, 1.165) is 28.7 Å². The molecule has 1 aromatic heterocycles. The van der Waals surface area contributed by atoms with Crippen molar-refractivity contribution in [2.75, 3.05) is 32.1 Å². The predicted molar refractivity (Wildman–Crippen MR) is 116 cm³/mol. The van der Waals surface area contributed by atoms with Crippen molar-refractivity contribution in [1.82, 2.24) is 9.88 Å². The van der Waals surface area contributed by atoms with Crippen LogP contribution in [-0.4, -0.2) is 43.0 Å². The molecule has 27 heavy (non-hydrogen) atoms. The maximum absolute atomic E-state index is 12.9. The molecule has 0 aliphatic rings. The van der Waals surface area contributed by atoms with E-state index in [4.69, 9.17) is 11.6 Å². The second kappa shape index (κ2) is 9.13. The summed E-state index contributed by atoms with van der Waals surface area (Å²) >= 11 is 7.58. The van der Waals surface area contributed by atoms with E-state index in [-0.39, 0.29) is 5.91 Å². The average Bonchev–Trinajstić information content (AvgIpc) is 3.06. The quantitative estimate of drug-likeness (QED) is 0.527. The van der Waals surface area contributed by atoms with Crippen molar-refractivity contribution in [3.8, 4) is 0 Å². The number of anilines is 1. The number of rotatable bonds is 7. The zero-order valence-electron chi connectivity index (χ0n) is 15.4. The Morgan fingerprint density at radius 2 is 1.93 bits per heavy atom. The minimum absolute atomic E-state index is 0.0669. The van der Waals surface area contributed by atoms with Crippen LogP contribution in [0.3, 0.4) is 0 Å². The average molecular weight is 400 g/mol. The maximum Gasteiger partial charge on any atom is 0.252 e. The van der Waals surface area contributed by atoms with Crippen molar-refractivity contribution in [1.29, 1.82) is 0 Å². The summed E-state index contributed by atoms with van der Waals surface area (Å²) in [6, 6.07) is 15.4. The normalized spacial score (nSPS) is 11.6. The van der Waals surface area contributed by atoms with Crippen molar-refractivity contribution in [2.24, 2.45) is 0 Å². The summed E-state index contributed by atoms with van der Waals surface area (Å²) in [4.78, 5) is 21.4. The molecule has 0 aliphatic heterocycles. The van der Waals surface area contributed by atoms with E-state index in [0.29, 0.717) is 16.7 Å². The standard InChI is InChI=1S/C21H22ClN3OS/c1-24(2)13-6-14-25(20(26)12-9-16-7-4-3-5-8-16)21-23-18-11-10-17(22)15-19(18)27-21/h3-5,7-12,15H,6,13-14H2,1-2H3. The number of fused-ring (bicyclic) bond motifs is 1. The van der Waals surface area contributed by atoms with Gasteiger partial charge in [-0.2, -0.15) is 0 Å². The van der Waals surface area contributed by atoms with E-state index < -0.39 is 0 Å². The number of hydrogen-bond donors (Lipinski definition) is 0. The number of carbonyl (C=O) groups excluding carboxylic acids is 1. The van der Waals surface area contributed by atoms with Crippen LogP contribution in [0.2, 0.25) is 5.02 Å². The molecule has 4 nitrogen and oxygen atoms in total. The molecule has 0 spiro atoms. The summed E-state index contributed by atoms with van der Waals surface area (Å²) in [7, 11) is 4.06. The number of nitrogens with zero attached hydrogens (tertiary/aromatic N) is 3. The van der Waals surface area contributed by atoms with Crippen LogP contribution in [0.1, 0.15) is 12.0 Å². The highest BCUT2D eigenvalue weighted by Gasteiger charge is 2.18. The Morgan fingerprint density at radius 1 is 1.15 bits per heavy atom. The van der Waals surface area contributed by atoms with Crippen LogP contribution in [0.15, 0.2) is 54.6 Å². The van der Waals surface area contributed by atoms with Gasteiger partial charge in [-0.15, -0.1) is 0 Å². The Morgan fingerprint density at radius 3 is 2.67 bits per heavy atom. The van der Waals surface area contributed by atoms with Gasteiger partial charge in [0, 0.05) is 17.6 Å². The Kier molecular flexibility index (Phi) is 6.61. The number of hydrogen-bond acceptors (Lipinski definition) is 4. The molecular weight excluding hydrogens is 378 g/mol. The van der Waals surface area contributed by atoms with Gasteiger partial charge in [-0.3, -0.25) is 9.69 Å². The summed E-state index contributed by atoms with van der Waals surface area (Å²) in [5, 5.41) is 1.38. The van der Waals surface area contributed by atoms with Gasteiger partial charge in [0.15, 0.2) is 5.13 Å². The Balaban J connectivity index is 1.84. The molecule has 6 heteroatoms. The molecule has 140 valence electrons. The maximum atomic E-state index is 12.9. The first-order valence-corrected chi connectivity index (χ1v) is 9.98. The Bertz CT molecular complexity index is 937. The minimum Gasteiger partial charge on any atom is -0.309 e. The van der Waals surface area contributed by atoms with Gasteiger partial charge in [-0.25, -0.2) is 4.98 Å². The Hall–Kier alpha value is -2.21.